The predicted octanol–water partition coefficient (Wildman–Crippen LogP) is 6.54. The average molecular weight is 495 g/mol. The molecule has 0 amide bonds. The summed E-state index contributed by atoms with van der Waals surface area (Å²) in [4.78, 5) is 6.36. The quantitative estimate of drug-likeness (QED) is 0.325. The Bertz CT molecular complexity index is 1420. The van der Waals surface area contributed by atoms with Crippen LogP contribution in [0, 0.1) is 11.6 Å². The summed E-state index contributed by atoms with van der Waals surface area (Å²) in [6.07, 6.45) is 0. The topological polar surface area (TPSA) is 54.2 Å². The van der Waals surface area contributed by atoms with E-state index in [4.69, 9.17) is 28.3 Å². The van der Waals surface area contributed by atoms with Crippen LogP contribution in [0.15, 0.2) is 83.0 Å². The Kier molecular flexibility index (Phi) is 5.85. The van der Waals surface area contributed by atoms with E-state index >= 15 is 0 Å². The van der Waals surface area contributed by atoms with E-state index in [0.29, 0.717) is 26.8 Å². The van der Waals surface area contributed by atoms with Gasteiger partial charge in [0.05, 0.1) is 11.6 Å². The molecule has 34 heavy (non-hydrogen) atoms. The summed E-state index contributed by atoms with van der Waals surface area (Å²) < 4.78 is 33.5. The number of thiocarbonyl (C=S) groups is 1. The molecule has 5 nitrogen and oxygen atoms in total. The van der Waals surface area contributed by atoms with Gasteiger partial charge in [0, 0.05) is 22.0 Å². The number of aromatic nitrogens is 2. The van der Waals surface area contributed by atoms with Crippen LogP contribution < -0.4 is 10.2 Å². The Morgan fingerprint density at radius 2 is 1.71 bits per heavy atom. The highest BCUT2D eigenvalue weighted by atomic mass is 35.5. The Labute approximate surface area is 204 Å². The van der Waals surface area contributed by atoms with E-state index in [1.807, 2.05) is 24.0 Å². The molecule has 0 radical (unpaired) electrons. The lowest BCUT2D eigenvalue weighted by atomic mass is 9.94. The second kappa shape index (κ2) is 8.96. The molecule has 0 saturated carbocycles. The van der Waals surface area contributed by atoms with E-state index in [0.717, 1.165) is 11.4 Å². The highest BCUT2D eigenvalue weighted by Crippen LogP contribution is 2.39. The standard InChI is InChI=1S/C25H17ClF2N4OS/c1-14-21(24-30-23(31-33-24)16-5-3-7-19(28)13-16)22(15-4-2-6-18(27)12-15)29-25(34)32(14)20-10-8-17(26)9-11-20/h2-13,22H,1H3,(H,29,34). The summed E-state index contributed by atoms with van der Waals surface area (Å²) in [5, 5.41) is 8.34. The Morgan fingerprint density at radius 3 is 2.41 bits per heavy atom. The first-order valence-electron chi connectivity index (χ1n) is 10.3. The minimum absolute atomic E-state index is 0.208. The molecule has 1 aliphatic heterocycles. The van der Waals surface area contributed by atoms with Gasteiger partial charge in [-0.15, -0.1) is 0 Å². The van der Waals surface area contributed by atoms with Crippen molar-refractivity contribution in [3.8, 4) is 11.4 Å². The summed E-state index contributed by atoms with van der Waals surface area (Å²) in [6.45, 7) is 1.87. The van der Waals surface area contributed by atoms with Crippen LogP contribution in [0.5, 0.6) is 0 Å². The number of rotatable bonds is 4. The third-order valence-electron chi connectivity index (χ3n) is 5.49. The maximum absolute atomic E-state index is 14.1. The molecule has 0 spiro atoms. The SMILES string of the molecule is CC1=C(c2nc(-c3cccc(F)c3)no2)C(c2cccc(F)c2)NC(=S)N1c1ccc(Cl)cc1. The number of nitrogens with one attached hydrogen (secondary N) is 1. The van der Waals surface area contributed by atoms with Crippen molar-refractivity contribution in [3.05, 3.63) is 107 Å². The monoisotopic (exact) mass is 494 g/mol. The molecule has 0 bridgehead atoms. The lowest BCUT2D eigenvalue weighted by molar-refractivity contribution is 0.404. The molecule has 1 unspecified atom stereocenters. The molecule has 3 aromatic carbocycles. The van der Waals surface area contributed by atoms with Gasteiger partial charge in [0.15, 0.2) is 5.11 Å². The lowest BCUT2D eigenvalue weighted by Gasteiger charge is -2.37. The summed E-state index contributed by atoms with van der Waals surface area (Å²) in [5.74, 6) is -0.345. The second-order valence-electron chi connectivity index (χ2n) is 7.68. The van der Waals surface area contributed by atoms with Gasteiger partial charge in [0.25, 0.3) is 5.89 Å². The third-order valence-corrected chi connectivity index (χ3v) is 6.04. The van der Waals surface area contributed by atoms with Crippen molar-refractivity contribution in [3.63, 3.8) is 0 Å². The van der Waals surface area contributed by atoms with Crippen molar-refractivity contribution in [1.82, 2.24) is 15.5 Å². The molecule has 0 aliphatic carbocycles. The predicted molar refractivity (Wildman–Crippen MR) is 131 cm³/mol. The molecule has 1 N–H and O–H groups in total. The number of benzene rings is 3. The molecule has 1 atom stereocenters. The van der Waals surface area contributed by atoms with Crippen LogP contribution in [-0.2, 0) is 0 Å². The third kappa shape index (κ3) is 4.18. The van der Waals surface area contributed by atoms with Gasteiger partial charge in [-0.05, 0) is 73.2 Å². The highest BCUT2D eigenvalue weighted by Gasteiger charge is 2.35. The van der Waals surface area contributed by atoms with Gasteiger partial charge < -0.3 is 9.84 Å². The summed E-state index contributed by atoms with van der Waals surface area (Å²) in [6, 6.07) is 18.8. The van der Waals surface area contributed by atoms with Gasteiger partial charge in [-0.2, -0.15) is 4.98 Å². The van der Waals surface area contributed by atoms with E-state index < -0.39 is 11.9 Å². The smallest absolute Gasteiger partial charge is 0.258 e. The number of allylic oxidation sites excluding steroid dienone is 1. The Balaban J connectivity index is 1.66. The van der Waals surface area contributed by atoms with Crippen LogP contribution in [-0.4, -0.2) is 15.3 Å². The van der Waals surface area contributed by atoms with Gasteiger partial charge in [-0.1, -0.05) is 41.0 Å². The molecular formula is C25H17ClF2N4OS. The fraction of sp³-hybridized carbons (Fsp3) is 0.0800. The molecule has 1 aromatic heterocycles. The van der Waals surface area contributed by atoms with E-state index in [1.165, 1.54) is 24.3 Å². The molecule has 4 aromatic rings. The van der Waals surface area contributed by atoms with Crippen LogP contribution in [0.4, 0.5) is 14.5 Å². The van der Waals surface area contributed by atoms with Crippen LogP contribution in [0.2, 0.25) is 5.02 Å². The zero-order valence-corrected chi connectivity index (χ0v) is 19.4. The zero-order chi connectivity index (χ0) is 23.8. The normalized spacial score (nSPS) is 16.1. The minimum Gasteiger partial charge on any atom is -0.351 e. The number of hydrogen-bond acceptors (Lipinski definition) is 4. The number of anilines is 1. The fourth-order valence-corrected chi connectivity index (χ4v) is 4.42. The molecule has 170 valence electrons. The molecule has 1 aliphatic rings. The van der Waals surface area contributed by atoms with E-state index in [2.05, 4.69) is 15.5 Å². The van der Waals surface area contributed by atoms with Crippen LogP contribution >= 0.6 is 23.8 Å². The van der Waals surface area contributed by atoms with E-state index in [1.54, 1.807) is 36.4 Å². The van der Waals surface area contributed by atoms with Crippen molar-refractivity contribution in [2.75, 3.05) is 4.90 Å². The lowest BCUT2D eigenvalue weighted by Crippen LogP contribution is -2.46. The minimum atomic E-state index is -0.549. The van der Waals surface area contributed by atoms with Gasteiger partial charge in [0.1, 0.15) is 11.6 Å². The zero-order valence-electron chi connectivity index (χ0n) is 17.8. The maximum atomic E-state index is 14.1. The Hall–Kier alpha value is -3.62. The van der Waals surface area contributed by atoms with Gasteiger partial charge in [0.2, 0.25) is 5.82 Å². The van der Waals surface area contributed by atoms with Crippen molar-refractivity contribution < 1.29 is 13.3 Å². The van der Waals surface area contributed by atoms with Crippen molar-refractivity contribution >= 4 is 40.2 Å². The first kappa shape index (κ1) is 22.2. The second-order valence-corrected chi connectivity index (χ2v) is 8.51. The van der Waals surface area contributed by atoms with Crippen molar-refractivity contribution in [2.45, 2.75) is 13.0 Å². The molecule has 2 heterocycles. The molecule has 9 heteroatoms. The van der Waals surface area contributed by atoms with Crippen LogP contribution in [0.3, 0.4) is 0 Å². The van der Waals surface area contributed by atoms with Crippen molar-refractivity contribution in [1.29, 1.82) is 0 Å². The van der Waals surface area contributed by atoms with Gasteiger partial charge in [-0.25, -0.2) is 8.78 Å². The molecule has 5 rings (SSSR count). The average Bonchev–Trinajstić information content (AvgIpc) is 3.30. The van der Waals surface area contributed by atoms with Gasteiger partial charge >= 0.3 is 0 Å². The largest absolute Gasteiger partial charge is 0.351 e. The van der Waals surface area contributed by atoms with Gasteiger partial charge in [-0.3, -0.25) is 4.90 Å². The van der Waals surface area contributed by atoms with Crippen LogP contribution in [0.1, 0.15) is 24.4 Å². The summed E-state index contributed by atoms with van der Waals surface area (Å²) in [7, 11) is 0. The molecular weight excluding hydrogens is 478 g/mol. The van der Waals surface area contributed by atoms with Crippen LogP contribution in [0.25, 0.3) is 17.0 Å². The van der Waals surface area contributed by atoms with E-state index in [9.17, 15) is 8.78 Å². The maximum Gasteiger partial charge on any atom is 0.258 e. The first-order valence-corrected chi connectivity index (χ1v) is 11.1. The summed E-state index contributed by atoms with van der Waals surface area (Å²) in [5.41, 5.74) is 3.22. The highest BCUT2D eigenvalue weighted by molar-refractivity contribution is 7.80. The van der Waals surface area contributed by atoms with E-state index in [-0.39, 0.29) is 17.5 Å². The number of halogens is 3. The molecule has 0 saturated heterocycles. The Morgan fingerprint density at radius 1 is 1.00 bits per heavy atom. The summed E-state index contributed by atoms with van der Waals surface area (Å²) >= 11 is 11.7. The molecule has 0 fully saturated rings. The number of nitrogens with zero attached hydrogens (tertiary/aromatic N) is 3. The fourth-order valence-electron chi connectivity index (χ4n) is 3.93. The number of hydrogen-bond donors (Lipinski definition) is 1. The van der Waals surface area contributed by atoms with Crippen molar-refractivity contribution in [2.24, 2.45) is 0 Å². The first-order chi connectivity index (χ1) is 16.4.